The molecule has 1 fully saturated rings. The average molecular weight is 346 g/mol. The average Bonchev–Trinajstić information content (AvgIpc) is 2.91. The summed E-state index contributed by atoms with van der Waals surface area (Å²) in [7, 11) is 0. The van der Waals surface area contributed by atoms with E-state index in [9.17, 15) is 14.7 Å². The van der Waals surface area contributed by atoms with Crippen molar-refractivity contribution in [3.63, 3.8) is 0 Å². The van der Waals surface area contributed by atoms with Crippen molar-refractivity contribution in [3.8, 4) is 0 Å². The molecule has 5 nitrogen and oxygen atoms in total. The van der Waals surface area contributed by atoms with Gasteiger partial charge in [0.15, 0.2) is 5.54 Å². The van der Waals surface area contributed by atoms with Crippen molar-refractivity contribution in [1.29, 1.82) is 0 Å². The van der Waals surface area contributed by atoms with Crippen molar-refractivity contribution in [2.75, 3.05) is 13.2 Å². The first kappa shape index (κ1) is 17.1. The summed E-state index contributed by atoms with van der Waals surface area (Å²) in [6.45, 7) is 2.04. The van der Waals surface area contributed by atoms with E-state index in [4.69, 9.17) is 27.9 Å². The highest BCUT2D eigenvalue weighted by molar-refractivity contribution is 6.35. The summed E-state index contributed by atoms with van der Waals surface area (Å²) in [5, 5.41) is 13.0. The van der Waals surface area contributed by atoms with Gasteiger partial charge < -0.3 is 15.2 Å². The Morgan fingerprint density at radius 3 is 2.73 bits per heavy atom. The van der Waals surface area contributed by atoms with Gasteiger partial charge in [0, 0.05) is 29.0 Å². The largest absolute Gasteiger partial charge is 0.479 e. The molecule has 0 radical (unpaired) electrons. The summed E-state index contributed by atoms with van der Waals surface area (Å²) in [5.41, 5.74) is -0.532. The van der Waals surface area contributed by atoms with E-state index < -0.39 is 17.4 Å². The maximum absolute atomic E-state index is 12.3. The Morgan fingerprint density at radius 2 is 2.18 bits per heavy atom. The zero-order chi connectivity index (χ0) is 16.3. The lowest BCUT2D eigenvalue weighted by Crippen LogP contribution is -2.56. The summed E-state index contributed by atoms with van der Waals surface area (Å²) in [6.07, 6.45) is 0.668. The van der Waals surface area contributed by atoms with Crippen LogP contribution in [-0.2, 0) is 20.7 Å². The molecular weight excluding hydrogens is 329 g/mol. The predicted molar refractivity (Wildman–Crippen MR) is 83.3 cm³/mol. The minimum atomic E-state index is -1.32. The quantitative estimate of drug-likeness (QED) is 0.859. The van der Waals surface area contributed by atoms with Crippen LogP contribution in [-0.4, -0.2) is 35.7 Å². The minimum Gasteiger partial charge on any atom is -0.479 e. The summed E-state index contributed by atoms with van der Waals surface area (Å²) in [6, 6.07) is 5.09. The van der Waals surface area contributed by atoms with E-state index in [-0.39, 0.29) is 18.9 Å². The fourth-order valence-electron chi connectivity index (χ4n) is 2.35. The fourth-order valence-corrected chi connectivity index (χ4v) is 2.84. The first-order chi connectivity index (χ1) is 10.3. The number of hydrogen-bond donors (Lipinski definition) is 2. The van der Waals surface area contributed by atoms with Gasteiger partial charge in [-0.25, -0.2) is 4.79 Å². The van der Waals surface area contributed by atoms with Crippen molar-refractivity contribution in [1.82, 2.24) is 5.32 Å². The third-order valence-electron chi connectivity index (χ3n) is 3.78. The Hall–Kier alpha value is -1.30. The molecule has 0 aromatic heterocycles. The van der Waals surface area contributed by atoms with E-state index in [1.54, 1.807) is 25.1 Å². The van der Waals surface area contributed by atoms with Gasteiger partial charge in [0.25, 0.3) is 0 Å². The number of amides is 1. The Bertz CT molecular complexity index is 585. The molecule has 1 aromatic carbocycles. The summed E-state index contributed by atoms with van der Waals surface area (Å²) < 4.78 is 5.12. The number of rotatable bonds is 5. The van der Waals surface area contributed by atoms with Gasteiger partial charge in [-0.3, -0.25) is 4.79 Å². The van der Waals surface area contributed by atoms with Crippen LogP contribution in [0.5, 0.6) is 0 Å². The minimum absolute atomic E-state index is 0.0114. The van der Waals surface area contributed by atoms with E-state index in [0.29, 0.717) is 23.1 Å². The lowest BCUT2D eigenvalue weighted by molar-refractivity contribution is -0.148. The molecule has 0 saturated carbocycles. The lowest BCUT2D eigenvalue weighted by atomic mass is 9.95. The molecule has 1 aliphatic rings. The SMILES string of the molecule is CC(Cc1ccc(Cl)cc1Cl)C(=O)NC1(C(=O)O)CCOC1. The highest BCUT2D eigenvalue weighted by Gasteiger charge is 2.44. The van der Waals surface area contributed by atoms with Gasteiger partial charge in [-0.05, 0) is 24.1 Å². The number of carboxylic acid groups (broad SMARTS) is 1. The number of ether oxygens (including phenoxy) is 1. The number of carboxylic acids is 1. The van der Waals surface area contributed by atoms with E-state index >= 15 is 0 Å². The molecule has 1 saturated heterocycles. The van der Waals surface area contributed by atoms with E-state index in [0.717, 1.165) is 5.56 Å². The van der Waals surface area contributed by atoms with Crippen LogP contribution in [0.1, 0.15) is 18.9 Å². The molecule has 7 heteroatoms. The van der Waals surface area contributed by atoms with Gasteiger partial charge in [-0.15, -0.1) is 0 Å². The van der Waals surface area contributed by atoms with Gasteiger partial charge >= 0.3 is 5.97 Å². The normalized spacial score (nSPS) is 22.3. The number of hydrogen-bond acceptors (Lipinski definition) is 3. The van der Waals surface area contributed by atoms with Crippen LogP contribution in [0.4, 0.5) is 0 Å². The molecule has 2 N–H and O–H groups in total. The standard InChI is InChI=1S/C15H17Cl2NO4/c1-9(6-10-2-3-11(16)7-12(10)17)13(19)18-15(14(20)21)4-5-22-8-15/h2-3,7,9H,4-6,8H2,1H3,(H,18,19)(H,20,21). The second kappa shape index (κ2) is 6.86. The number of nitrogens with one attached hydrogen (secondary N) is 1. The smallest absolute Gasteiger partial charge is 0.331 e. The zero-order valence-electron chi connectivity index (χ0n) is 12.1. The first-order valence-electron chi connectivity index (χ1n) is 6.91. The van der Waals surface area contributed by atoms with Gasteiger partial charge in [0.2, 0.25) is 5.91 Å². The summed E-state index contributed by atoms with van der Waals surface area (Å²) >= 11 is 11.9. The summed E-state index contributed by atoms with van der Waals surface area (Å²) in [5.74, 6) is -1.83. The van der Waals surface area contributed by atoms with Gasteiger partial charge in [0.1, 0.15) is 0 Å². The second-order valence-corrected chi connectivity index (χ2v) is 6.36. The Kier molecular flexibility index (Phi) is 5.32. The Balaban J connectivity index is 2.04. The van der Waals surface area contributed by atoms with Crippen LogP contribution < -0.4 is 5.32 Å². The van der Waals surface area contributed by atoms with Crippen LogP contribution in [0.3, 0.4) is 0 Å². The number of benzene rings is 1. The molecule has 120 valence electrons. The lowest BCUT2D eigenvalue weighted by Gasteiger charge is -2.25. The molecule has 2 atom stereocenters. The van der Waals surface area contributed by atoms with Gasteiger partial charge in [0.05, 0.1) is 6.61 Å². The van der Waals surface area contributed by atoms with Crippen molar-refractivity contribution >= 4 is 35.1 Å². The Morgan fingerprint density at radius 1 is 1.45 bits per heavy atom. The van der Waals surface area contributed by atoms with E-state index in [2.05, 4.69) is 5.32 Å². The van der Waals surface area contributed by atoms with Crippen LogP contribution in [0.2, 0.25) is 10.0 Å². The predicted octanol–water partition coefficient (Wildman–Crippen LogP) is 2.53. The van der Waals surface area contributed by atoms with Crippen LogP contribution in [0, 0.1) is 5.92 Å². The molecule has 0 bridgehead atoms. The zero-order valence-corrected chi connectivity index (χ0v) is 13.6. The van der Waals surface area contributed by atoms with Crippen molar-refractivity contribution in [2.45, 2.75) is 25.3 Å². The van der Waals surface area contributed by atoms with Crippen LogP contribution in [0.15, 0.2) is 18.2 Å². The maximum Gasteiger partial charge on any atom is 0.331 e. The second-order valence-electron chi connectivity index (χ2n) is 5.52. The van der Waals surface area contributed by atoms with Gasteiger partial charge in [-0.1, -0.05) is 36.2 Å². The third-order valence-corrected chi connectivity index (χ3v) is 4.37. The highest BCUT2D eigenvalue weighted by Crippen LogP contribution is 2.24. The molecule has 1 aliphatic heterocycles. The molecule has 0 spiro atoms. The maximum atomic E-state index is 12.3. The highest BCUT2D eigenvalue weighted by atomic mass is 35.5. The van der Waals surface area contributed by atoms with Crippen molar-refractivity contribution in [3.05, 3.63) is 33.8 Å². The molecule has 0 aliphatic carbocycles. The monoisotopic (exact) mass is 345 g/mol. The van der Waals surface area contributed by atoms with Crippen molar-refractivity contribution < 1.29 is 19.4 Å². The van der Waals surface area contributed by atoms with Crippen LogP contribution in [0.25, 0.3) is 0 Å². The first-order valence-corrected chi connectivity index (χ1v) is 7.67. The topological polar surface area (TPSA) is 75.6 Å². The fraction of sp³-hybridized carbons (Fsp3) is 0.467. The number of carbonyl (C=O) groups is 2. The molecule has 1 heterocycles. The molecule has 1 aromatic rings. The molecule has 2 rings (SSSR count). The number of carbonyl (C=O) groups excluding carboxylic acids is 1. The van der Waals surface area contributed by atoms with E-state index in [1.807, 2.05) is 0 Å². The van der Waals surface area contributed by atoms with Gasteiger partial charge in [-0.2, -0.15) is 0 Å². The molecule has 22 heavy (non-hydrogen) atoms. The van der Waals surface area contributed by atoms with Crippen molar-refractivity contribution in [2.24, 2.45) is 5.92 Å². The summed E-state index contributed by atoms with van der Waals surface area (Å²) in [4.78, 5) is 23.7. The molecular formula is C15H17Cl2NO4. The number of halogens is 2. The molecule has 1 amide bonds. The molecule has 2 unspecified atom stereocenters. The van der Waals surface area contributed by atoms with E-state index in [1.165, 1.54) is 0 Å². The van der Waals surface area contributed by atoms with Crippen LogP contribution >= 0.6 is 23.2 Å². The Labute approximate surface area is 138 Å². The number of aliphatic carboxylic acids is 1. The third kappa shape index (κ3) is 3.72.